The fourth-order valence-corrected chi connectivity index (χ4v) is 6.45. The van der Waals surface area contributed by atoms with Crippen LogP contribution in [0.2, 0.25) is 0 Å². The largest absolute Gasteiger partial charge is 0.334 e. The van der Waals surface area contributed by atoms with Crippen LogP contribution in [-0.4, -0.2) is 39.9 Å². The van der Waals surface area contributed by atoms with Crippen molar-refractivity contribution in [3.63, 3.8) is 0 Å². The summed E-state index contributed by atoms with van der Waals surface area (Å²) >= 11 is 1.94. The third kappa shape index (κ3) is 3.81. The molecule has 2 aromatic carbocycles. The number of thioether (sulfide) groups is 1. The van der Waals surface area contributed by atoms with Crippen molar-refractivity contribution in [2.24, 2.45) is 0 Å². The predicted molar refractivity (Wildman–Crippen MR) is 120 cm³/mol. The van der Waals surface area contributed by atoms with Gasteiger partial charge in [-0.3, -0.25) is 4.79 Å². The van der Waals surface area contributed by atoms with Crippen molar-refractivity contribution in [1.29, 1.82) is 0 Å². The molecule has 0 bridgehead atoms. The van der Waals surface area contributed by atoms with E-state index in [-0.39, 0.29) is 24.0 Å². The van der Waals surface area contributed by atoms with Crippen LogP contribution < -0.4 is 10.6 Å². The molecule has 0 radical (unpaired) electrons. The second kappa shape index (κ2) is 8.34. The highest BCUT2D eigenvalue weighted by Gasteiger charge is 2.42. The number of nitrogens with one attached hydrogen (secondary N) is 2. The van der Waals surface area contributed by atoms with Crippen molar-refractivity contribution < 1.29 is 9.59 Å². The lowest BCUT2D eigenvalue weighted by atomic mass is 9.97. The van der Waals surface area contributed by atoms with Gasteiger partial charge < -0.3 is 15.5 Å². The van der Waals surface area contributed by atoms with Gasteiger partial charge in [0, 0.05) is 30.5 Å². The number of unbranched alkanes of at least 4 members (excludes halogenated alkanes) is 1. The second-order valence-corrected chi connectivity index (χ2v) is 9.70. The molecule has 3 aliphatic rings. The van der Waals surface area contributed by atoms with Crippen LogP contribution in [0.5, 0.6) is 0 Å². The van der Waals surface area contributed by atoms with E-state index in [9.17, 15) is 9.59 Å². The van der Waals surface area contributed by atoms with E-state index in [1.165, 1.54) is 22.3 Å². The molecule has 3 heterocycles. The normalized spacial score (nSPS) is 24.3. The van der Waals surface area contributed by atoms with Crippen LogP contribution in [0.15, 0.2) is 48.5 Å². The molecule has 2 aromatic rings. The van der Waals surface area contributed by atoms with Crippen molar-refractivity contribution in [3.05, 3.63) is 59.7 Å². The van der Waals surface area contributed by atoms with Gasteiger partial charge in [-0.05, 0) is 35.1 Å². The van der Waals surface area contributed by atoms with Crippen LogP contribution in [0.4, 0.5) is 4.79 Å². The second-order valence-electron chi connectivity index (χ2n) is 8.43. The van der Waals surface area contributed by atoms with E-state index >= 15 is 0 Å². The molecule has 0 aliphatic carbocycles. The highest BCUT2D eigenvalue weighted by molar-refractivity contribution is 8.00. The summed E-state index contributed by atoms with van der Waals surface area (Å²) < 4.78 is 0. The monoisotopic (exact) mass is 421 g/mol. The van der Waals surface area contributed by atoms with Gasteiger partial charge >= 0.3 is 6.03 Å². The lowest BCUT2D eigenvalue weighted by Gasteiger charge is -2.22. The molecule has 2 fully saturated rings. The summed E-state index contributed by atoms with van der Waals surface area (Å²) in [7, 11) is 0. The number of carbonyl (C=O) groups excluding carboxylic acids is 2. The molecular weight excluding hydrogens is 394 g/mol. The van der Waals surface area contributed by atoms with E-state index in [4.69, 9.17) is 0 Å². The van der Waals surface area contributed by atoms with E-state index in [0.717, 1.165) is 25.0 Å². The summed E-state index contributed by atoms with van der Waals surface area (Å²) in [4.78, 5) is 26.6. The molecule has 2 N–H and O–H groups in total. The van der Waals surface area contributed by atoms with Gasteiger partial charge in [0.1, 0.15) is 0 Å². The molecule has 6 heteroatoms. The van der Waals surface area contributed by atoms with Gasteiger partial charge in [-0.1, -0.05) is 55.0 Å². The van der Waals surface area contributed by atoms with E-state index in [1.807, 2.05) is 16.7 Å². The summed E-state index contributed by atoms with van der Waals surface area (Å²) in [5.74, 6) is 1.22. The van der Waals surface area contributed by atoms with Crippen LogP contribution in [0.1, 0.15) is 36.8 Å². The highest BCUT2D eigenvalue weighted by Crippen LogP contribution is 2.34. The Balaban J connectivity index is 1.18. The first-order valence-corrected chi connectivity index (χ1v) is 11.9. The third-order valence-electron chi connectivity index (χ3n) is 6.47. The number of fused-ring (bicyclic) bond motifs is 4. The number of urea groups is 1. The molecule has 30 heavy (non-hydrogen) atoms. The minimum Gasteiger partial charge on any atom is -0.334 e. The number of hydrogen-bond donors (Lipinski definition) is 2. The van der Waals surface area contributed by atoms with Gasteiger partial charge in [-0.25, -0.2) is 4.79 Å². The van der Waals surface area contributed by atoms with Crippen LogP contribution in [-0.2, 0) is 17.9 Å². The maximum absolute atomic E-state index is 13.0. The Labute approximate surface area is 181 Å². The minimum absolute atomic E-state index is 0.0350. The first-order valence-electron chi connectivity index (χ1n) is 10.8. The zero-order chi connectivity index (χ0) is 20.5. The first kappa shape index (κ1) is 19.5. The molecule has 2 saturated heterocycles. The maximum atomic E-state index is 13.0. The lowest BCUT2D eigenvalue weighted by molar-refractivity contribution is -0.132. The average molecular weight is 422 g/mol. The highest BCUT2D eigenvalue weighted by atomic mass is 32.2. The fourth-order valence-electron chi connectivity index (χ4n) is 4.91. The zero-order valence-electron chi connectivity index (χ0n) is 17.0. The Morgan fingerprint density at radius 2 is 1.63 bits per heavy atom. The summed E-state index contributed by atoms with van der Waals surface area (Å²) in [5, 5.41) is 6.49. The molecular formula is C24H27N3O2S. The Hall–Kier alpha value is -2.47. The number of hydrogen-bond acceptors (Lipinski definition) is 3. The Morgan fingerprint density at radius 3 is 2.33 bits per heavy atom. The number of rotatable bonds is 5. The Bertz CT molecular complexity index is 915. The molecule has 0 aromatic heterocycles. The standard InChI is InChI=1S/C24H27N3O2S/c28-22(12-6-5-11-21-23-20(15-30-21)25-24(29)26-23)27-13-16-7-1-3-9-18(16)19-10-4-2-8-17(19)14-27/h1-4,7-10,20-21,23H,5-6,11-15H2,(H2,25,26,29)/t20-,21-,23-/m0/s1. The molecule has 156 valence electrons. The smallest absolute Gasteiger partial charge is 0.315 e. The fraction of sp³-hybridized carbons (Fsp3) is 0.417. The summed E-state index contributed by atoms with van der Waals surface area (Å²) in [5.41, 5.74) is 4.91. The Morgan fingerprint density at radius 1 is 0.967 bits per heavy atom. The van der Waals surface area contributed by atoms with Crippen LogP contribution in [0.25, 0.3) is 11.1 Å². The van der Waals surface area contributed by atoms with Gasteiger partial charge in [0.25, 0.3) is 0 Å². The zero-order valence-corrected chi connectivity index (χ0v) is 17.8. The van der Waals surface area contributed by atoms with Crippen LogP contribution in [0.3, 0.4) is 0 Å². The van der Waals surface area contributed by atoms with Gasteiger partial charge in [0.15, 0.2) is 0 Å². The van der Waals surface area contributed by atoms with Gasteiger partial charge in [-0.2, -0.15) is 11.8 Å². The van der Waals surface area contributed by atoms with Crippen LogP contribution >= 0.6 is 11.8 Å². The molecule has 5 rings (SSSR count). The topological polar surface area (TPSA) is 61.4 Å². The maximum Gasteiger partial charge on any atom is 0.315 e. The number of nitrogens with zero attached hydrogens (tertiary/aromatic N) is 1. The number of benzene rings is 2. The molecule has 0 saturated carbocycles. The number of amides is 3. The third-order valence-corrected chi connectivity index (χ3v) is 7.98. The quantitative estimate of drug-likeness (QED) is 0.568. The van der Waals surface area contributed by atoms with E-state index in [1.54, 1.807) is 0 Å². The minimum atomic E-state index is -0.0350. The number of carbonyl (C=O) groups is 2. The van der Waals surface area contributed by atoms with Crippen molar-refractivity contribution in [2.75, 3.05) is 5.75 Å². The van der Waals surface area contributed by atoms with Crippen LogP contribution in [0, 0.1) is 0 Å². The molecule has 3 atom stereocenters. The lowest BCUT2D eigenvalue weighted by Crippen LogP contribution is -2.36. The van der Waals surface area contributed by atoms with Crippen molar-refractivity contribution in [1.82, 2.24) is 15.5 Å². The molecule has 5 nitrogen and oxygen atoms in total. The summed E-state index contributed by atoms with van der Waals surface area (Å²) in [6, 6.07) is 17.3. The van der Waals surface area contributed by atoms with Gasteiger partial charge in [0.05, 0.1) is 12.1 Å². The van der Waals surface area contributed by atoms with Crippen molar-refractivity contribution in [2.45, 2.75) is 56.1 Å². The average Bonchev–Trinajstić information content (AvgIpc) is 3.24. The van der Waals surface area contributed by atoms with E-state index < -0.39 is 0 Å². The summed E-state index contributed by atoms with van der Waals surface area (Å²) in [6.07, 6.45) is 3.55. The van der Waals surface area contributed by atoms with Gasteiger partial charge in [0.2, 0.25) is 5.91 Å². The van der Waals surface area contributed by atoms with Crippen molar-refractivity contribution in [3.8, 4) is 11.1 Å². The molecule has 3 amide bonds. The SMILES string of the molecule is O=C1N[C@H]2[C@H](CS[C@H]2CCCCC(=O)N2Cc3ccccc3-c3ccccc3C2)N1. The van der Waals surface area contributed by atoms with E-state index in [0.29, 0.717) is 24.8 Å². The van der Waals surface area contributed by atoms with Gasteiger partial charge in [-0.15, -0.1) is 0 Å². The molecule has 0 unspecified atom stereocenters. The van der Waals surface area contributed by atoms with E-state index in [2.05, 4.69) is 59.2 Å². The summed E-state index contributed by atoms with van der Waals surface area (Å²) in [6.45, 7) is 1.34. The predicted octanol–water partition coefficient (Wildman–Crippen LogP) is 3.92. The molecule has 0 spiro atoms. The molecule has 3 aliphatic heterocycles. The first-order chi connectivity index (χ1) is 14.7. The van der Waals surface area contributed by atoms with Crippen molar-refractivity contribution >= 4 is 23.7 Å². The Kier molecular flexibility index (Phi) is 5.42.